The van der Waals surface area contributed by atoms with Crippen molar-refractivity contribution in [1.82, 2.24) is 25.0 Å². The fourth-order valence-corrected chi connectivity index (χ4v) is 3.41. The lowest BCUT2D eigenvalue weighted by Crippen LogP contribution is -2.13. The molecule has 0 N–H and O–H groups in total. The van der Waals surface area contributed by atoms with Crippen molar-refractivity contribution in [1.29, 1.82) is 0 Å². The number of carbonyl (C=O) groups excluding carboxylic acids is 1. The molecule has 3 aromatic rings. The van der Waals surface area contributed by atoms with Gasteiger partial charge in [0.1, 0.15) is 11.5 Å². The molecule has 0 aliphatic carbocycles. The van der Waals surface area contributed by atoms with Crippen LogP contribution >= 0.6 is 11.6 Å². The Morgan fingerprint density at radius 2 is 1.90 bits per heavy atom. The van der Waals surface area contributed by atoms with E-state index < -0.39 is 0 Å². The Kier molecular flexibility index (Phi) is 6.56. The van der Waals surface area contributed by atoms with Gasteiger partial charge in [-0.1, -0.05) is 11.6 Å². The maximum absolute atomic E-state index is 12.7. The van der Waals surface area contributed by atoms with Crippen LogP contribution in [0.3, 0.4) is 0 Å². The zero-order valence-electron chi connectivity index (χ0n) is 16.7. The highest BCUT2D eigenvalue weighted by Gasteiger charge is 2.21. The molecule has 0 amide bonds. The maximum Gasteiger partial charge on any atom is 0.193 e. The minimum absolute atomic E-state index is 0.00471. The van der Waals surface area contributed by atoms with Gasteiger partial charge in [-0.15, -0.1) is 4.80 Å². The quantitative estimate of drug-likeness (QED) is 0.558. The molecule has 0 radical (unpaired) electrons. The highest BCUT2D eigenvalue weighted by Crippen LogP contribution is 2.32. The molecule has 0 saturated carbocycles. The second-order valence-corrected chi connectivity index (χ2v) is 6.96. The van der Waals surface area contributed by atoms with E-state index in [1.54, 1.807) is 32.7 Å². The molecule has 1 unspecified atom stereocenters. The molecule has 0 aliphatic rings. The molecule has 8 nitrogen and oxygen atoms in total. The van der Waals surface area contributed by atoms with Gasteiger partial charge in [0.2, 0.25) is 0 Å². The van der Waals surface area contributed by atoms with Crippen LogP contribution in [0.15, 0.2) is 30.9 Å². The molecule has 0 bridgehead atoms. The van der Waals surface area contributed by atoms with E-state index in [1.165, 1.54) is 17.2 Å². The number of aromatic nitrogens is 5. The summed E-state index contributed by atoms with van der Waals surface area (Å²) in [6, 6.07) is 1.71. The van der Waals surface area contributed by atoms with Gasteiger partial charge in [-0.2, -0.15) is 10.2 Å². The molecule has 3 rings (SSSR count). The smallest absolute Gasteiger partial charge is 0.193 e. The Balaban J connectivity index is 1.80. The van der Waals surface area contributed by atoms with Gasteiger partial charge in [0.25, 0.3) is 0 Å². The summed E-state index contributed by atoms with van der Waals surface area (Å²) < 4.78 is 11.0. The minimum Gasteiger partial charge on any atom is -0.494 e. The van der Waals surface area contributed by atoms with Gasteiger partial charge in [-0.05, 0) is 31.0 Å². The number of methoxy groups -OCH3 is 2. The van der Waals surface area contributed by atoms with Crippen molar-refractivity contribution < 1.29 is 14.3 Å². The molecule has 0 fully saturated rings. The zero-order valence-corrected chi connectivity index (χ0v) is 17.5. The number of hydrogen-bond donors (Lipinski definition) is 0. The Hall–Kier alpha value is -2.84. The Labute approximate surface area is 173 Å². The number of Topliss-reactive ketones (excluding diaryl/α,β-unsaturated/α-hetero) is 1. The largest absolute Gasteiger partial charge is 0.494 e. The molecule has 1 atom stereocenters. The number of aryl methyl sites for hydroxylation is 1. The van der Waals surface area contributed by atoms with Crippen LogP contribution in [0.1, 0.15) is 35.4 Å². The van der Waals surface area contributed by atoms with E-state index >= 15 is 0 Å². The monoisotopic (exact) mass is 415 g/mol. The lowest BCUT2D eigenvalue weighted by molar-refractivity contribution is -0.117. The fraction of sp³-hybridized carbons (Fsp3) is 0.350. The van der Waals surface area contributed by atoms with Gasteiger partial charge < -0.3 is 9.47 Å². The minimum atomic E-state index is -0.230. The van der Waals surface area contributed by atoms with E-state index in [9.17, 15) is 4.79 Å². The Bertz CT molecular complexity index is 1010. The molecule has 3 aromatic heterocycles. The van der Waals surface area contributed by atoms with E-state index in [2.05, 4.69) is 20.2 Å². The lowest BCUT2D eigenvalue weighted by atomic mass is 9.97. The van der Waals surface area contributed by atoms with Gasteiger partial charge in [0.05, 0.1) is 36.3 Å². The molecule has 0 aliphatic heterocycles. The first kappa shape index (κ1) is 20.9. The van der Waals surface area contributed by atoms with Crippen LogP contribution in [-0.2, 0) is 22.4 Å². The molecule has 0 aromatic carbocycles. The molecule has 29 heavy (non-hydrogen) atoms. The van der Waals surface area contributed by atoms with Crippen LogP contribution in [0.4, 0.5) is 0 Å². The van der Waals surface area contributed by atoms with Crippen molar-refractivity contribution in [3.8, 4) is 11.6 Å². The topological polar surface area (TPSA) is 92.0 Å². The summed E-state index contributed by atoms with van der Waals surface area (Å²) in [7, 11) is 3.21. The highest BCUT2D eigenvalue weighted by atomic mass is 35.5. The summed E-state index contributed by atoms with van der Waals surface area (Å²) in [4.78, 5) is 22.7. The van der Waals surface area contributed by atoms with E-state index in [4.69, 9.17) is 21.1 Å². The molecule has 152 valence electrons. The normalized spacial score (nSPS) is 12.0. The van der Waals surface area contributed by atoms with Crippen molar-refractivity contribution >= 4 is 17.4 Å². The summed E-state index contributed by atoms with van der Waals surface area (Å²) in [6.07, 6.45) is 6.55. The van der Waals surface area contributed by atoms with E-state index in [-0.39, 0.29) is 24.7 Å². The number of pyridine rings is 2. The first-order valence-corrected chi connectivity index (χ1v) is 9.40. The van der Waals surface area contributed by atoms with Crippen molar-refractivity contribution in [3.63, 3.8) is 0 Å². The lowest BCUT2D eigenvalue weighted by Gasteiger charge is -2.19. The van der Waals surface area contributed by atoms with Crippen LogP contribution in [0.5, 0.6) is 5.75 Å². The van der Waals surface area contributed by atoms with Crippen molar-refractivity contribution in [2.75, 3.05) is 14.2 Å². The van der Waals surface area contributed by atoms with Crippen LogP contribution in [0, 0.1) is 6.92 Å². The van der Waals surface area contributed by atoms with Crippen LogP contribution in [0.2, 0.25) is 5.02 Å². The fourth-order valence-electron chi connectivity index (χ4n) is 3.15. The van der Waals surface area contributed by atoms with Crippen LogP contribution in [-0.4, -0.2) is 45.0 Å². The SMILES string of the molecule is COc1c(C)ncc(CC(=O)Cc2cnc(-n3nccn3)c(Cl)c2)c1C(C)OC. The Morgan fingerprint density at radius 3 is 2.52 bits per heavy atom. The third kappa shape index (κ3) is 4.60. The molecule has 0 spiro atoms. The first-order valence-electron chi connectivity index (χ1n) is 9.02. The van der Waals surface area contributed by atoms with Gasteiger partial charge >= 0.3 is 0 Å². The first-order chi connectivity index (χ1) is 13.9. The van der Waals surface area contributed by atoms with E-state index in [1.807, 2.05) is 13.8 Å². The molecule has 3 heterocycles. The third-order valence-electron chi connectivity index (χ3n) is 4.57. The van der Waals surface area contributed by atoms with Gasteiger partial charge in [-0.3, -0.25) is 9.78 Å². The number of rotatable bonds is 8. The number of ether oxygens (including phenoxy) is 2. The van der Waals surface area contributed by atoms with E-state index in [0.29, 0.717) is 22.2 Å². The molecule has 0 saturated heterocycles. The van der Waals surface area contributed by atoms with Gasteiger partial charge in [-0.25, -0.2) is 4.98 Å². The second kappa shape index (κ2) is 9.11. The zero-order chi connectivity index (χ0) is 21.0. The Morgan fingerprint density at radius 1 is 1.17 bits per heavy atom. The van der Waals surface area contributed by atoms with Gasteiger partial charge in [0, 0.05) is 37.9 Å². The number of hydrogen-bond acceptors (Lipinski definition) is 7. The molecular formula is C20H22ClN5O3. The summed E-state index contributed by atoms with van der Waals surface area (Å²) in [5, 5.41) is 8.40. The number of ketones is 1. The average Bonchev–Trinajstić information content (AvgIpc) is 3.23. The molecular weight excluding hydrogens is 394 g/mol. The predicted octanol–water partition coefficient (Wildman–Crippen LogP) is 3.09. The van der Waals surface area contributed by atoms with Crippen LogP contribution < -0.4 is 4.74 Å². The number of nitrogens with zero attached hydrogens (tertiary/aromatic N) is 5. The summed E-state index contributed by atoms with van der Waals surface area (Å²) >= 11 is 6.29. The van der Waals surface area contributed by atoms with Crippen LogP contribution in [0.25, 0.3) is 5.82 Å². The number of halogens is 1. The number of carbonyl (C=O) groups is 1. The van der Waals surface area contributed by atoms with Gasteiger partial charge in [0.15, 0.2) is 5.82 Å². The van der Waals surface area contributed by atoms with E-state index in [0.717, 1.165) is 16.8 Å². The summed E-state index contributed by atoms with van der Waals surface area (Å²) in [5.74, 6) is 1.06. The highest BCUT2D eigenvalue weighted by molar-refractivity contribution is 6.32. The van der Waals surface area contributed by atoms with Crippen molar-refractivity contribution in [3.05, 3.63) is 58.3 Å². The third-order valence-corrected chi connectivity index (χ3v) is 4.85. The second-order valence-electron chi connectivity index (χ2n) is 6.55. The standard InChI is InChI=1S/C20H22ClN5O3/c1-12-19(29-4)18(13(2)28-3)15(11-22-12)9-16(27)7-14-8-17(21)20(23-10-14)26-24-5-6-25-26/h5-6,8,10-11,13H,7,9H2,1-4H3. The summed E-state index contributed by atoms with van der Waals surface area (Å²) in [6.45, 7) is 3.77. The van der Waals surface area contributed by atoms with Crippen molar-refractivity contribution in [2.24, 2.45) is 0 Å². The average molecular weight is 416 g/mol. The summed E-state index contributed by atoms with van der Waals surface area (Å²) in [5.41, 5.74) is 3.08. The molecule has 9 heteroatoms. The maximum atomic E-state index is 12.7. The predicted molar refractivity (Wildman–Crippen MR) is 108 cm³/mol. The van der Waals surface area contributed by atoms with Crippen molar-refractivity contribution in [2.45, 2.75) is 32.8 Å².